The highest BCUT2D eigenvalue weighted by molar-refractivity contribution is 5.88. The molecule has 24 heavy (non-hydrogen) atoms. The number of aromatic nitrogens is 3. The molecule has 3 aromatic rings. The van der Waals surface area contributed by atoms with Crippen molar-refractivity contribution in [3.63, 3.8) is 0 Å². The predicted octanol–water partition coefficient (Wildman–Crippen LogP) is 2.84. The summed E-state index contributed by atoms with van der Waals surface area (Å²) in [5, 5.41) is 7.46. The van der Waals surface area contributed by atoms with Crippen molar-refractivity contribution in [3.8, 4) is 17.0 Å². The van der Waals surface area contributed by atoms with Gasteiger partial charge in [-0.15, -0.1) is 0 Å². The van der Waals surface area contributed by atoms with Crippen LogP contribution in [0.4, 0.5) is 5.69 Å². The monoisotopic (exact) mass is 320 g/mol. The van der Waals surface area contributed by atoms with E-state index in [0.717, 1.165) is 34.0 Å². The fourth-order valence-electron chi connectivity index (χ4n) is 2.79. The second-order valence-electron chi connectivity index (χ2n) is 5.71. The highest BCUT2D eigenvalue weighted by Crippen LogP contribution is 2.29. The molecule has 2 aromatic heterocycles. The molecule has 0 bridgehead atoms. The second-order valence-corrected chi connectivity index (χ2v) is 5.71. The fourth-order valence-corrected chi connectivity index (χ4v) is 2.79. The number of hydrogen-bond acceptors (Lipinski definition) is 4. The van der Waals surface area contributed by atoms with Crippen molar-refractivity contribution in [3.05, 3.63) is 60.0 Å². The van der Waals surface area contributed by atoms with Crippen LogP contribution in [0.2, 0.25) is 0 Å². The number of benzene rings is 1. The molecule has 0 aliphatic carbocycles. The summed E-state index contributed by atoms with van der Waals surface area (Å²) in [4.78, 5) is 15.2. The highest BCUT2D eigenvalue weighted by Gasteiger charge is 2.17. The minimum absolute atomic E-state index is 0.0986. The molecule has 0 unspecified atom stereocenters. The Balaban J connectivity index is 1.65. The average molecular weight is 320 g/mol. The summed E-state index contributed by atoms with van der Waals surface area (Å²) < 4.78 is 7.88. The van der Waals surface area contributed by atoms with E-state index in [0.29, 0.717) is 13.2 Å². The van der Waals surface area contributed by atoms with Crippen LogP contribution in [0.25, 0.3) is 11.3 Å². The van der Waals surface area contributed by atoms with Gasteiger partial charge in [0.1, 0.15) is 12.4 Å². The van der Waals surface area contributed by atoms with Crippen LogP contribution in [0, 0.1) is 0 Å². The molecule has 1 aromatic carbocycles. The van der Waals surface area contributed by atoms with E-state index in [-0.39, 0.29) is 5.91 Å². The van der Waals surface area contributed by atoms with E-state index in [1.54, 1.807) is 12.4 Å². The molecule has 6 heteroatoms. The lowest BCUT2D eigenvalue weighted by molar-refractivity contribution is -0.114. The van der Waals surface area contributed by atoms with Gasteiger partial charge in [-0.05, 0) is 24.3 Å². The number of nitrogens with zero attached hydrogens (tertiary/aromatic N) is 3. The molecule has 1 amide bonds. The molecule has 3 heterocycles. The number of carbonyl (C=O) groups excluding carboxylic acids is 1. The van der Waals surface area contributed by atoms with Crippen molar-refractivity contribution < 1.29 is 9.53 Å². The Kier molecular flexibility index (Phi) is 3.49. The molecular weight excluding hydrogens is 304 g/mol. The summed E-state index contributed by atoms with van der Waals surface area (Å²) in [6, 6.07) is 11.6. The molecule has 0 spiro atoms. The van der Waals surface area contributed by atoms with Gasteiger partial charge in [0, 0.05) is 42.2 Å². The number of carbonyl (C=O) groups is 1. The molecule has 0 fully saturated rings. The molecule has 0 saturated carbocycles. The van der Waals surface area contributed by atoms with Crippen LogP contribution >= 0.6 is 0 Å². The van der Waals surface area contributed by atoms with E-state index in [2.05, 4.69) is 15.4 Å². The van der Waals surface area contributed by atoms with Crippen LogP contribution in [-0.2, 0) is 17.9 Å². The van der Waals surface area contributed by atoms with Gasteiger partial charge in [-0.1, -0.05) is 6.07 Å². The van der Waals surface area contributed by atoms with Crippen molar-refractivity contribution in [2.24, 2.45) is 0 Å². The van der Waals surface area contributed by atoms with E-state index in [9.17, 15) is 4.79 Å². The van der Waals surface area contributed by atoms with Gasteiger partial charge in [0.25, 0.3) is 0 Å². The standard InChI is InChI=1S/C18H16N4O2/c1-12(23)20-15-3-2-14-10-22-16(11-24-18(14)8-15)9-17(21-22)13-4-6-19-7-5-13/h2-9H,10-11H2,1H3,(H,20,23). The Morgan fingerprint density at radius 2 is 2.04 bits per heavy atom. The van der Waals surface area contributed by atoms with Crippen LogP contribution in [0.5, 0.6) is 5.75 Å². The van der Waals surface area contributed by atoms with Gasteiger partial charge in [0.2, 0.25) is 5.91 Å². The van der Waals surface area contributed by atoms with Gasteiger partial charge >= 0.3 is 0 Å². The second kappa shape index (κ2) is 5.81. The zero-order valence-corrected chi connectivity index (χ0v) is 13.2. The zero-order chi connectivity index (χ0) is 16.5. The first-order valence-corrected chi connectivity index (χ1v) is 7.69. The maximum Gasteiger partial charge on any atom is 0.221 e. The molecule has 0 radical (unpaired) electrons. The van der Waals surface area contributed by atoms with E-state index in [1.807, 2.05) is 41.1 Å². The fraction of sp³-hybridized carbons (Fsp3) is 0.167. The number of anilines is 1. The van der Waals surface area contributed by atoms with Gasteiger partial charge in [-0.25, -0.2) is 0 Å². The minimum Gasteiger partial charge on any atom is -0.487 e. The van der Waals surface area contributed by atoms with Gasteiger partial charge in [-0.3, -0.25) is 14.5 Å². The van der Waals surface area contributed by atoms with Crippen LogP contribution in [0.15, 0.2) is 48.8 Å². The maximum absolute atomic E-state index is 11.2. The first kappa shape index (κ1) is 14.4. The maximum atomic E-state index is 11.2. The van der Waals surface area contributed by atoms with Crippen molar-refractivity contribution in [2.45, 2.75) is 20.1 Å². The summed E-state index contributed by atoms with van der Waals surface area (Å²) in [5.41, 5.74) is 4.73. The minimum atomic E-state index is -0.0986. The predicted molar refractivity (Wildman–Crippen MR) is 89.6 cm³/mol. The number of ether oxygens (including phenoxy) is 1. The van der Waals surface area contributed by atoms with Gasteiger partial charge < -0.3 is 10.1 Å². The highest BCUT2D eigenvalue weighted by atomic mass is 16.5. The first-order valence-electron chi connectivity index (χ1n) is 7.69. The lowest BCUT2D eigenvalue weighted by Gasteiger charge is -2.09. The molecule has 4 rings (SSSR count). The lowest BCUT2D eigenvalue weighted by Crippen LogP contribution is -2.06. The number of fused-ring (bicyclic) bond motifs is 2. The first-order chi connectivity index (χ1) is 11.7. The zero-order valence-electron chi connectivity index (χ0n) is 13.2. The molecule has 0 atom stereocenters. The average Bonchev–Trinajstić information content (AvgIpc) is 2.90. The van der Waals surface area contributed by atoms with Gasteiger partial charge in [-0.2, -0.15) is 5.10 Å². The van der Waals surface area contributed by atoms with Crippen molar-refractivity contribution in [1.29, 1.82) is 0 Å². The number of nitrogens with one attached hydrogen (secondary N) is 1. The third-order valence-electron chi connectivity index (χ3n) is 3.92. The summed E-state index contributed by atoms with van der Waals surface area (Å²) in [6.45, 7) is 2.56. The third kappa shape index (κ3) is 2.74. The van der Waals surface area contributed by atoms with E-state index < -0.39 is 0 Å². The van der Waals surface area contributed by atoms with Crippen molar-refractivity contribution in [2.75, 3.05) is 5.32 Å². The van der Waals surface area contributed by atoms with Crippen LogP contribution in [0.1, 0.15) is 18.2 Å². The SMILES string of the molecule is CC(=O)Nc1ccc2c(c1)OCc1cc(-c3ccncc3)nn1C2. The quantitative estimate of drug-likeness (QED) is 0.788. The normalized spacial score (nSPS) is 12.5. The number of hydrogen-bond donors (Lipinski definition) is 1. The topological polar surface area (TPSA) is 69.0 Å². The summed E-state index contributed by atoms with van der Waals surface area (Å²) in [7, 11) is 0. The van der Waals surface area contributed by atoms with Gasteiger partial charge in [0.05, 0.1) is 17.9 Å². The van der Waals surface area contributed by atoms with Gasteiger partial charge in [0.15, 0.2) is 0 Å². The number of pyridine rings is 1. The van der Waals surface area contributed by atoms with E-state index in [1.165, 1.54) is 6.92 Å². The summed E-state index contributed by atoms with van der Waals surface area (Å²) in [6.07, 6.45) is 3.52. The summed E-state index contributed by atoms with van der Waals surface area (Å²) in [5.74, 6) is 0.677. The Labute approximate surface area is 139 Å². The largest absolute Gasteiger partial charge is 0.487 e. The number of rotatable bonds is 2. The molecule has 1 aliphatic rings. The molecular formula is C18H16N4O2. The van der Waals surface area contributed by atoms with Crippen LogP contribution in [0.3, 0.4) is 0 Å². The Morgan fingerprint density at radius 1 is 1.21 bits per heavy atom. The summed E-state index contributed by atoms with van der Waals surface area (Å²) >= 11 is 0. The Morgan fingerprint density at radius 3 is 2.83 bits per heavy atom. The molecule has 0 saturated heterocycles. The smallest absolute Gasteiger partial charge is 0.221 e. The van der Waals surface area contributed by atoms with Crippen molar-refractivity contribution in [1.82, 2.24) is 14.8 Å². The Hall–Kier alpha value is -3.15. The van der Waals surface area contributed by atoms with Crippen LogP contribution in [-0.4, -0.2) is 20.7 Å². The number of amides is 1. The van der Waals surface area contributed by atoms with E-state index >= 15 is 0 Å². The molecule has 120 valence electrons. The van der Waals surface area contributed by atoms with Crippen LogP contribution < -0.4 is 10.1 Å². The van der Waals surface area contributed by atoms with Crippen molar-refractivity contribution >= 4 is 11.6 Å². The van der Waals surface area contributed by atoms with E-state index in [4.69, 9.17) is 4.74 Å². The Bertz CT molecular complexity index is 903. The third-order valence-corrected chi connectivity index (χ3v) is 3.92. The molecule has 1 N–H and O–H groups in total. The molecule has 1 aliphatic heterocycles. The molecule has 6 nitrogen and oxygen atoms in total. The lowest BCUT2D eigenvalue weighted by atomic mass is 10.2.